The van der Waals surface area contributed by atoms with Crippen molar-refractivity contribution in [3.05, 3.63) is 47.3 Å². The first-order chi connectivity index (χ1) is 7.77. The summed E-state index contributed by atoms with van der Waals surface area (Å²) in [5, 5.41) is 2.67. The lowest BCUT2D eigenvalue weighted by Gasteiger charge is -2.17. The minimum absolute atomic E-state index is 0.572. The highest BCUT2D eigenvalue weighted by Crippen LogP contribution is 2.33. The van der Waals surface area contributed by atoms with Crippen molar-refractivity contribution >= 4 is 16.8 Å². The summed E-state index contributed by atoms with van der Waals surface area (Å²) in [5.74, 6) is 0.572. The Labute approximate surface area is 95.8 Å². The summed E-state index contributed by atoms with van der Waals surface area (Å²) in [7, 11) is 0. The van der Waals surface area contributed by atoms with Gasteiger partial charge in [-0.05, 0) is 34.4 Å². The van der Waals surface area contributed by atoms with Crippen molar-refractivity contribution in [2.45, 2.75) is 26.2 Å². The van der Waals surface area contributed by atoms with Crippen LogP contribution in [0.4, 0.5) is 0 Å². The topological polar surface area (TPSA) is 12.9 Å². The van der Waals surface area contributed by atoms with Crippen molar-refractivity contribution < 1.29 is 0 Å². The number of hydrogen-bond donors (Lipinski definition) is 0. The van der Waals surface area contributed by atoms with Crippen LogP contribution in [0.25, 0.3) is 16.8 Å². The molecule has 1 aliphatic rings. The van der Waals surface area contributed by atoms with Crippen molar-refractivity contribution in [3.63, 3.8) is 0 Å². The Balaban J connectivity index is 2.44. The molecule has 1 heteroatoms. The largest absolute Gasteiger partial charge is 0.264 e. The summed E-state index contributed by atoms with van der Waals surface area (Å²) in [6.07, 6.45) is 9.49. The van der Waals surface area contributed by atoms with Gasteiger partial charge in [0.05, 0.1) is 0 Å². The normalized spacial score (nSPS) is 13.7. The lowest BCUT2D eigenvalue weighted by Crippen LogP contribution is -1.99. The van der Waals surface area contributed by atoms with E-state index in [9.17, 15) is 0 Å². The third-order valence-corrected chi connectivity index (χ3v) is 3.32. The number of benzene rings is 1. The summed E-state index contributed by atoms with van der Waals surface area (Å²) >= 11 is 0. The fourth-order valence-corrected chi connectivity index (χ4v) is 2.53. The monoisotopic (exact) mass is 209 g/mol. The van der Waals surface area contributed by atoms with E-state index in [-0.39, 0.29) is 0 Å². The zero-order chi connectivity index (χ0) is 11.1. The summed E-state index contributed by atoms with van der Waals surface area (Å²) in [6.45, 7) is 4.50. The summed E-state index contributed by atoms with van der Waals surface area (Å²) in [6, 6.07) is 4.44. The van der Waals surface area contributed by atoms with Crippen LogP contribution in [0.1, 0.15) is 36.5 Å². The van der Waals surface area contributed by atoms with E-state index in [1.807, 2.05) is 12.4 Å². The van der Waals surface area contributed by atoms with Gasteiger partial charge in [0, 0.05) is 17.8 Å². The van der Waals surface area contributed by atoms with Crippen molar-refractivity contribution in [2.24, 2.45) is 0 Å². The highest BCUT2D eigenvalue weighted by molar-refractivity contribution is 5.95. The number of aromatic nitrogens is 1. The molecule has 1 nitrogen and oxygen atoms in total. The van der Waals surface area contributed by atoms with E-state index in [1.165, 1.54) is 27.5 Å². The maximum Gasteiger partial charge on any atom is 0.0346 e. The van der Waals surface area contributed by atoms with Gasteiger partial charge < -0.3 is 0 Å². The second kappa shape index (κ2) is 3.44. The summed E-state index contributed by atoms with van der Waals surface area (Å²) in [5.41, 5.74) is 4.20. The SMILES string of the molecule is CC(C)c1ccc2cncc3c2c1C=CC3. The van der Waals surface area contributed by atoms with Crippen LogP contribution >= 0.6 is 0 Å². The molecule has 0 radical (unpaired) electrons. The predicted molar refractivity (Wildman–Crippen MR) is 68.6 cm³/mol. The van der Waals surface area contributed by atoms with E-state index in [4.69, 9.17) is 0 Å². The predicted octanol–water partition coefficient (Wildman–Crippen LogP) is 3.93. The zero-order valence-corrected chi connectivity index (χ0v) is 9.70. The van der Waals surface area contributed by atoms with E-state index in [2.05, 4.69) is 43.1 Å². The van der Waals surface area contributed by atoms with Crippen LogP contribution in [-0.2, 0) is 6.42 Å². The Kier molecular flexibility index (Phi) is 2.06. The number of nitrogens with zero attached hydrogens (tertiary/aromatic N) is 1. The highest BCUT2D eigenvalue weighted by atomic mass is 14.6. The lowest BCUT2D eigenvalue weighted by atomic mass is 9.87. The van der Waals surface area contributed by atoms with Gasteiger partial charge >= 0.3 is 0 Å². The molecule has 1 aliphatic carbocycles. The van der Waals surface area contributed by atoms with Crippen LogP contribution in [0.3, 0.4) is 0 Å². The van der Waals surface area contributed by atoms with Gasteiger partial charge in [0.1, 0.15) is 0 Å². The molecule has 0 amide bonds. The quantitative estimate of drug-likeness (QED) is 0.693. The molecule has 0 fully saturated rings. The Morgan fingerprint density at radius 2 is 2.06 bits per heavy atom. The van der Waals surface area contributed by atoms with Gasteiger partial charge in [0.15, 0.2) is 0 Å². The maximum absolute atomic E-state index is 4.30. The summed E-state index contributed by atoms with van der Waals surface area (Å²) < 4.78 is 0. The highest BCUT2D eigenvalue weighted by Gasteiger charge is 2.13. The van der Waals surface area contributed by atoms with Crippen molar-refractivity contribution in [3.8, 4) is 0 Å². The Morgan fingerprint density at radius 3 is 2.88 bits per heavy atom. The van der Waals surface area contributed by atoms with Gasteiger partial charge in [-0.1, -0.05) is 38.1 Å². The Bertz CT molecular complexity index is 579. The number of rotatable bonds is 1. The molecule has 0 unspecified atom stereocenters. The fourth-order valence-electron chi connectivity index (χ4n) is 2.53. The van der Waals surface area contributed by atoms with Gasteiger partial charge in [0.25, 0.3) is 0 Å². The van der Waals surface area contributed by atoms with E-state index in [1.54, 1.807) is 0 Å². The third kappa shape index (κ3) is 1.28. The minimum Gasteiger partial charge on any atom is -0.264 e. The molecule has 80 valence electrons. The second-order valence-electron chi connectivity index (χ2n) is 4.73. The number of pyridine rings is 1. The molecule has 3 rings (SSSR count). The van der Waals surface area contributed by atoms with Crippen molar-refractivity contribution in [1.29, 1.82) is 0 Å². The number of hydrogen-bond acceptors (Lipinski definition) is 1. The van der Waals surface area contributed by atoms with Crippen LogP contribution in [0.5, 0.6) is 0 Å². The molecule has 0 aliphatic heterocycles. The molecule has 1 aromatic heterocycles. The van der Waals surface area contributed by atoms with E-state index >= 15 is 0 Å². The van der Waals surface area contributed by atoms with Crippen LogP contribution in [-0.4, -0.2) is 4.98 Å². The lowest BCUT2D eigenvalue weighted by molar-refractivity contribution is 0.865. The first kappa shape index (κ1) is 9.59. The van der Waals surface area contributed by atoms with Crippen molar-refractivity contribution in [1.82, 2.24) is 4.98 Å². The molecule has 1 aromatic carbocycles. The molecule has 0 atom stereocenters. The fraction of sp³-hybridized carbons (Fsp3) is 0.267. The van der Waals surface area contributed by atoms with E-state index in [0.29, 0.717) is 5.92 Å². The van der Waals surface area contributed by atoms with Gasteiger partial charge in [-0.15, -0.1) is 0 Å². The standard InChI is InChI=1S/C15H15N/c1-10(2)13-7-6-12-9-16-8-11-4-3-5-14(13)15(11)12/h3,5-10H,4H2,1-2H3. The smallest absolute Gasteiger partial charge is 0.0346 e. The third-order valence-electron chi connectivity index (χ3n) is 3.32. The van der Waals surface area contributed by atoms with E-state index < -0.39 is 0 Å². The number of allylic oxidation sites excluding steroid dienone is 1. The second-order valence-corrected chi connectivity index (χ2v) is 4.73. The van der Waals surface area contributed by atoms with Gasteiger partial charge in [-0.25, -0.2) is 0 Å². The molecule has 0 saturated heterocycles. The van der Waals surface area contributed by atoms with Crippen LogP contribution in [0, 0.1) is 0 Å². The van der Waals surface area contributed by atoms with Crippen LogP contribution < -0.4 is 0 Å². The average molecular weight is 209 g/mol. The Hall–Kier alpha value is -1.63. The molecule has 16 heavy (non-hydrogen) atoms. The molecule has 0 N–H and O–H groups in total. The molecule has 0 saturated carbocycles. The zero-order valence-electron chi connectivity index (χ0n) is 9.70. The van der Waals surface area contributed by atoms with Gasteiger partial charge in [-0.3, -0.25) is 4.98 Å². The van der Waals surface area contributed by atoms with E-state index in [0.717, 1.165) is 6.42 Å². The van der Waals surface area contributed by atoms with Gasteiger partial charge in [-0.2, -0.15) is 0 Å². The molecule has 0 bridgehead atoms. The first-order valence-corrected chi connectivity index (χ1v) is 5.83. The molecule has 0 spiro atoms. The minimum atomic E-state index is 0.572. The molecule has 1 heterocycles. The van der Waals surface area contributed by atoms with Crippen molar-refractivity contribution in [2.75, 3.05) is 0 Å². The van der Waals surface area contributed by atoms with Gasteiger partial charge in [0.2, 0.25) is 0 Å². The molecular formula is C15H15N. The molecular weight excluding hydrogens is 194 g/mol. The first-order valence-electron chi connectivity index (χ1n) is 5.83. The Morgan fingerprint density at radius 1 is 1.19 bits per heavy atom. The molecule has 2 aromatic rings. The van der Waals surface area contributed by atoms with Crippen LogP contribution in [0.2, 0.25) is 0 Å². The van der Waals surface area contributed by atoms with Crippen LogP contribution in [0.15, 0.2) is 30.6 Å². The average Bonchev–Trinajstić information content (AvgIpc) is 2.30. The maximum atomic E-state index is 4.30. The summed E-state index contributed by atoms with van der Waals surface area (Å²) in [4.78, 5) is 4.30.